The van der Waals surface area contributed by atoms with Gasteiger partial charge in [0.15, 0.2) is 0 Å². The Balaban J connectivity index is 2.19. The summed E-state index contributed by atoms with van der Waals surface area (Å²) in [4.78, 5) is 38.7. The van der Waals surface area contributed by atoms with Gasteiger partial charge >= 0.3 is 5.97 Å². The summed E-state index contributed by atoms with van der Waals surface area (Å²) in [6.07, 6.45) is 1.22. The zero-order chi connectivity index (χ0) is 17.4. The maximum absolute atomic E-state index is 12.7. The Bertz CT molecular complexity index is 1010. The second-order valence-corrected chi connectivity index (χ2v) is 5.96. The Morgan fingerprint density at radius 3 is 2.62 bits per heavy atom. The SMILES string of the molecule is CC(C(=O)O)n1cnc2scc(-c3ccc([N+](=O)[O-])cc3)c2c1=O. The quantitative estimate of drug-likeness (QED) is 0.574. The van der Waals surface area contributed by atoms with Gasteiger partial charge in [0.2, 0.25) is 0 Å². The number of nitro benzene ring substituents is 1. The van der Waals surface area contributed by atoms with Gasteiger partial charge in [-0.3, -0.25) is 19.5 Å². The first-order chi connectivity index (χ1) is 11.4. The van der Waals surface area contributed by atoms with Crippen molar-refractivity contribution in [1.82, 2.24) is 9.55 Å². The lowest BCUT2D eigenvalue weighted by atomic mass is 10.1. The zero-order valence-electron chi connectivity index (χ0n) is 12.4. The van der Waals surface area contributed by atoms with Crippen molar-refractivity contribution in [3.8, 4) is 11.1 Å². The van der Waals surface area contributed by atoms with Crippen LogP contribution in [0.15, 0.2) is 40.8 Å². The van der Waals surface area contributed by atoms with Gasteiger partial charge in [-0.05, 0) is 24.6 Å². The van der Waals surface area contributed by atoms with E-state index in [4.69, 9.17) is 5.11 Å². The molecule has 0 aliphatic carbocycles. The Kier molecular flexibility index (Phi) is 3.86. The van der Waals surface area contributed by atoms with E-state index >= 15 is 0 Å². The molecule has 0 saturated carbocycles. The smallest absolute Gasteiger partial charge is 0.326 e. The molecule has 9 heteroatoms. The molecule has 0 aliphatic heterocycles. The number of hydrogen-bond donors (Lipinski definition) is 1. The molecule has 0 saturated heterocycles. The molecule has 122 valence electrons. The number of carboxylic acid groups (broad SMARTS) is 1. The maximum atomic E-state index is 12.7. The highest BCUT2D eigenvalue weighted by Gasteiger charge is 2.19. The van der Waals surface area contributed by atoms with Gasteiger partial charge in [0.1, 0.15) is 10.9 Å². The van der Waals surface area contributed by atoms with E-state index in [0.717, 1.165) is 4.57 Å². The Morgan fingerprint density at radius 1 is 1.38 bits per heavy atom. The lowest BCUT2D eigenvalue weighted by Gasteiger charge is -2.10. The van der Waals surface area contributed by atoms with Gasteiger partial charge in [-0.25, -0.2) is 9.78 Å². The Labute approximate surface area is 138 Å². The minimum absolute atomic E-state index is 0.0479. The van der Waals surface area contributed by atoms with E-state index in [1.165, 1.54) is 36.7 Å². The first-order valence-corrected chi connectivity index (χ1v) is 7.74. The second-order valence-electron chi connectivity index (χ2n) is 5.10. The average molecular weight is 345 g/mol. The number of aliphatic carboxylic acids is 1. The van der Waals surface area contributed by atoms with Crippen LogP contribution in [0.4, 0.5) is 5.69 Å². The van der Waals surface area contributed by atoms with E-state index in [1.807, 2.05) is 0 Å². The minimum Gasteiger partial charge on any atom is -0.480 e. The molecular formula is C15H11N3O5S. The first kappa shape index (κ1) is 15.8. The molecule has 3 aromatic rings. The van der Waals surface area contributed by atoms with Crippen molar-refractivity contribution >= 4 is 33.2 Å². The molecule has 0 bridgehead atoms. The van der Waals surface area contributed by atoms with E-state index in [-0.39, 0.29) is 5.69 Å². The van der Waals surface area contributed by atoms with E-state index in [2.05, 4.69) is 4.98 Å². The predicted molar refractivity (Wildman–Crippen MR) is 88.3 cm³/mol. The van der Waals surface area contributed by atoms with Crippen LogP contribution in [0.25, 0.3) is 21.3 Å². The van der Waals surface area contributed by atoms with Crippen molar-refractivity contribution in [3.63, 3.8) is 0 Å². The third-order valence-electron chi connectivity index (χ3n) is 3.68. The van der Waals surface area contributed by atoms with Gasteiger partial charge in [0, 0.05) is 23.1 Å². The van der Waals surface area contributed by atoms with Gasteiger partial charge in [0.25, 0.3) is 11.2 Å². The monoisotopic (exact) mass is 345 g/mol. The third-order valence-corrected chi connectivity index (χ3v) is 4.57. The number of nitrogens with zero attached hydrogens (tertiary/aromatic N) is 3. The van der Waals surface area contributed by atoms with Crippen LogP contribution in [0.1, 0.15) is 13.0 Å². The molecule has 1 atom stereocenters. The van der Waals surface area contributed by atoms with Crippen molar-refractivity contribution in [2.24, 2.45) is 0 Å². The fraction of sp³-hybridized carbons (Fsp3) is 0.133. The molecule has 0 aliphatic rings. The molecule has 8 nitrogen and oxygen atoms in total. The number of hydrogen-bond acceptors (Lipinski definition) is 6. The summed E-state index contributed by atoms with van der Waals surface area (Å²) in [5.41, 5.74) is 0.707. The summed E-state index contributed by atoms with van der Waals surface area (Å²) in [5, 5.41) is 21.9. The van der Waals surface area contributed by atoms with Crippen LogP contribution < -0.4 is 5.56 Å². The van der Waals surface area contributed by atoms with Gasteiger partial charge in [-0.1, -0.05) is 0 Å². The van der Waals surface area contributed by atoms with Crippen LogP contribution in [0.2, 0.25) is 0 Å². The fourth-order valence-electron chi connectivity index (χ4n) is 2.32. The van der Waals surface area contributed by atoms with E-state index in [9.17, 15) is 19.7 Å². The highest BCUT2D eigenvalue weighted by Crippen LogP contribution is 2.31. The van der Waals surface area contributed by atoms with Crippen molar-refractivity contribution in [2.45, 2.75) is 13.0 Å². The number of benzene rings is 1. The Morgan fingerprint density at radius 2 is 2.04 bits per heavy atom. The summed E-state index contributed by atoms with van der Waals surface area (Å²) >= 11 is 1.26. The van der Waals surface area contributed by atoms with Crippen LogP contribution in [0.5, 0.6) is 0 Å². The molecular weight excluding hydrogens is 334 g/mol. The summed E-state index contributed by atoms with van der Waals surface area (Å²) in [5.74, 6) is -1.13. The molecule has 1 N–H and O–H groups in total. The van der Waals surface area contributed by atoms with Crippen molar-refractivity contribution in [2.75, 3.05) is 0 Å². The molecule has 0 spiro atoms. The molecule has 0 amide bonds. The molecule has 1 unspecified atom stereocenters. The van der Waals surface area contributed by atoms with Crippen LogP contribution in [0, 0.1) is 10.1 Å². The van der Waals surface area contributed by atoms with Gasteiger partial charge in [-0.2, -0.15) is 0 Å². The third kappa shape index (κ3) is 2.54. The number of non-ortho nitro benzene ring substituents is 1. The van der Waals surface area contributed by atoms with Crippen LogP contribution in [0.3, 0.4) is 0 Å². The van der Waals surface area contributed by atoms with E-state index in [1.54, 1.807) is 17.5 Å². The lowest BCUT2D eigenvalue weighted by molar-refractivity contribution is -0.384. The highest BCUT2D eigenvalue weighted by atomic mass is 32.1. The second kappa shape index (κ2) is 5.85. The van der Waals surface area contributed by atoms with Crippen LogP contribution >= 0.6 is 11.3 Å². The molecule has 2 aromatic heterocycles. The lowest BCUT2D eigenvalue weighted by Crippen LogP contribution is -2.28. The predicted octanol–water partition coefficient (Wildman–Crippen LogP) is 2.68. The summed E-state index contributed by atoms with van der Waals surface area (Å²) in [6, 6.07) is 4.77. The topological polar surface area (TPSA) is 115 Å². The number of nitro groups is 1. The van der Waals surface area contributed by atoms with Crippen molar-refractivity contribution < 1.29 is 14.8 Å². The van der Waals surface area contributed by atoms with Crippen molar-refractivity contribution in [3.05, 3.63) is 56.4 Å². The summed E-state index contributed by atoms with van der Waals surface area (Å²) in [7, 11) is 0. The number of aromatic nitrogens is 2. The van der Waals surface area contributed by atoms with Gasteiger partial charge in [-0.15, -0.1) is 11.3 Å². The summed E-state index contributed by atoms with van der Waals surface area (Å²) < 4.78 is 1.06. The zero-order valence-corrected chi connectivity index (χ0v) is 13.2. The van der Waals surface area contributed by atoms with Crippen molar-refractivity contribution in [1.29, 1.82) is 0 Å². The molecule has 24 heavy (non-hydrogen) atoms. The van der Waals surface area contributed by atoms with Crippen LogP contribution in [-0.4, -0.2) is 25.6 Å². The van der Waals surface area contributed by atoms with E-state index < -0.39 is 22.5 Å². The normalized spacial score (nSPS) is 12.2. The maximum Gasteiger partial charge on any atom is 0.326 e. The molecule has 3 rings (SSSR count). The number of carbonyl (C=O) groups is 1. The van der Waals surface area contributed by atoms with Gasteiger partial charge < -0.3 is 5.11 Å². The average Bonchev–Trinajstić information content (AvgIpc) is 2.99. The molecule has 0 radical (unpaired) electrons. The minimum atomic E-state index is -1.13. The Hall–Kier alpha value is -3.07. The number of fused-ring (bicyclic) bond motifs is 1. The van der Waals surface area contributed by atoms with Crippen LogP contribution in [-0.2, 0) is 4.79 Å². The highest BCUT2D eigenvalue weighted by molar-refractivity contribution is 7.17. The largest absolute Gasteiger partial charge is 0.480 e. The molecule has 0 fully saturated rings. The number of thiophene rings is 1. The van der Waals surface area contributed by atoms with Gasteiger partial charge in [0.05, 0.1) is 16.6 Å². The summed E-state index contributed by atoms with van der Waals surface area (Å²) in [6.45, 7) is 1.40. The standard InChI is InChI=1S/C15H11N3O5S/c1-8(15(20)21)17-7-16-13-12(14(17)19)11(6-24-13)9-2-4-10(5-3-9)18(22)23/h2-8H,1H3,(H,20,21). The molecule has 1 aromatic carbocycles. The number of carboxylic acids is 1. The van der Waals surface area contributed by atoms with E-state index in [0.29, 0.717) is 21.3 Å². The first-order valence-electron chi connectivity index (χ1n) is 6.86. The number of rotatable bonds is 4. The fourth-order valence-corrected chi connectivity index (χ4v) is 3.22. The molecule has 2 heterocycles.